The van der Waals surface area contributed by atoms with E-state index in [1.165, 1.54) is 20.5 Å². The van der Waals surface area contributed by atoms with Gasteiger partial charge >= 0.3 is 37.6 Å². The summed E-state index contributed by atoms with van der Waals surface area (Å²) in [5.74, 6) is 0.917. The first-order valence-corrected chi connectivity index (χ1v) is 10.2. The van der Waals surface area contributed by atoms with Crippen LogP contribution >= 0.6 is 24.8 Å². The molecule has 2 rings (SSSR count). The summed E-state index contributed by atoms with van der Waals surface area (Å²) in [4.78, 5) is 0. The van der Waals surface area contributed by atoms with Crippen LogP contribution in [0.25, 0.3) is 0 Å². The number of halogens is 2. The Hall–Kier alpha value is 0.0981. The van der Waals surface area contributed by atoms with Crippen LogP contribution in [0.4, 0.5) is 0 Å². The van der Waals surface area contributed by atoms with Gasteiger partial charge in [-0.3, -0.25) is 6.08 Å². The van der Waals surface area contributed by atoms with Crippen LogP contribution in [0.2, 0.25) is 0 Å². The van der Waals surface area contributed by atoms with E-state index in [9.17, 15) is 5.11 Å². The molecule has 0 spiro atoms. The van der Waals surface area contributed by atoms with E-state index in [-0.39, 0.29) is 24.8 Å². The number of hydrogen-bond acceptors (Lipinski definition) is 1. The summed E-state index contributed by atoms with van der Waals surface area (Å²) < 4.78 is 1.42. The second-order valence-electron chi connectivity index (χ2n) is 6.77. The average molecular weight is 474 g/mol. The second-order valence-corrected chi connectivity index (χ2v) is 9.33. The molecule has 0 saturated carbocycles. The summed E-state index contributed by atoms with van der Waals surface area (Å²) in [5.41, 5.74) is 7.04. The maximum absolute atomic E-state index is 9.66. The molecule has 1 aromatic carbocycles. The van der Waals surface area contributed by atoms with Gasteiger partial charge in [-0.1, -0.05) is 25.0 Å². The standard InChI is InChI=1S/C10H13OSi.C8H10Si.C3H6.2ClH.Ti/c1-5-6(2)9(11)8(4)10(12)7(5)3;1-5-4-8(9)7(3)6(5)2;1-3-2;;;/h11H,1-4H3;5H,1-3H3;1-2H3;2*1H;/q;-1;;;;+1. The molecule has 1 aliphatic carbocycles. The van der Waals surface area contributed by atoms with E-state index in [0.717, 1.165) is 27.1 Å². The molecule has 0 fully saturated rings. The maximum atomic E-state index is 9.66. The van der Waals surface area contributed by atoms with Crippen molar-refractivity contribution < 1.29 is 25.1 Å². The topological polar surface area (TPSA) is 20.2 Å². The molecule has 1 aliphatic rings. The van der Waals surface area contributed by atoms with Crippen molar-refractivity contribution in [1.82, 2.24) is 0 Å². The van der Waals surface area contributed by atoms with E-state index in [4.69, 9.17) is 0 Å². The molecule has 1 unspecified atom stereocenters. The smallest absolute Gasteiger partial charge is 0.121 e. The number of hydrogen-bond donors (Lipinski definition) is 1. The SMILES string of the molecule is CC1=C(C)C(C)[C-]=C1[Si].C[C](C)=[Ti+].Cc1c(C)c(O)c(C)c([Si])c1C.Cl.Cl. The Morgan fingerprint density at radius 3 is 1.56 bits per heavy atom. The molecule has 27 heavy (non-hydrogen) atoms. The molecule has 0 heterocycles. The van der Waals surface area contributed by atoms with Crippen molar-refractivity contribution in [3.63, 3.8) is 0 Å². The molecule has 0 bridgehead atoms. The van der Waals surface area contributed by atoms with Crippen LogP contribution < -0.4 is 5.19 Å². The normalized spacial score (nSPS) is 14.7. The third kappa shape index (κ3) is 9.43. The number of phenols is 1. The summed E-state index contributed by atoms with van der Waals surface area (Å²) >= 11 is 2.08. The van der Waals surface area contributed by atoms with Crippen molar-refractivity contribution >= 4 is 54.3 Å². The predicted molar refractivity (Wildman–Crippen MR) is 123 cm³/mol. The van der Waals surface area contributed by atoms with Crippen LogP contribution in [0.5, 0.6) is 5.75 Å². The van der Waals surface area contributed by atoms with Gasteiger partial charge in [0.25, 0.3) is 0 Å². The molecular formula is C21H31Cl2OSi2Ti. The quantitative estimate of drug-likeness (QED) is 0.422. The summed E-state index contributed by atoms with van der Waals surface area (Å²) in [6, 6.07) is 0. The molecule has 0 aromatic heterocycles. The molecule has 1 aromatic rings. The van der Waals surface area contributed by atoms with E-state index in [2.05, 4.69) is 88.1 Å². The van der Waals surface area contributed by atoms with Crippen molar-refractivity contribution in [1.29, 1.82) is 0 Å². The van der Waals surface area contributed by atoms with Crippen LogP contribution in [-0.2, 0) is 20.0 Å². The Morgan fingerprint density at radius 1 is 0.889 bits per heavy atom. The Kier molecular flexibility index (Phi) is 16.6. The molecule has 0 aliphatic heterocycles. The van der Waals surface area contributed by atoms with Gasteiger partial charge in [-0.2, -0.15) is 5.57 Å². The monoisotopic (exact) mass is 473 g/mol. The van der Waals surface area contributed by atoms with Crippen LogP contribution in [0.1, 0.15) is 56.9 Å². The number of phenolic OH excluding ortho intramolecular Hbond substituents is 1. The number of rotatable bonds is 0. The first-order valence-electron chi connectivity index (χ1n) is 8.38. The van der Waals surface area contributed by atoms with Gasteiger partial charge in [-0.25, -0.2) is 10.8 Å². The molecule has 6 radical (unpaired) electrons. The summed E-state index contributed by atoms with van der Waals surface area (Å²) in [6.45, 7) is 18.5. The van der Waals surface area contributed by atoms with Gasteiger partial charge < -0.3 is 5.11 Å². The molecule has 1 N–H and O–H groups in total. The Balaban J connectivity index is -0.000000343. The minimum Gasteiger partial charge on any atom is -0.507 e. The molecule has 1 atom stereocenters. The number of benzene rings is 1. The van der Waals surface area contributed by atoms with E-state index < -0.39 is 0 Å². The molecule has 0 amide bonds. The number of allylic oxidation sites excluding steroid dienone is 4. The van der Waals surface area contributed by atoms with Crippen molar-refractivity contribution in [2.75, 3.05) is 0 Å². The van der Waals surface area contributed by atoms with Gasteiger partial charge in [0.2, 0.25) is 0 Å². The minimum atomic E-state index is 0. The predicted octanol–water partition coefficient (Wildman–Crippen LogP) is 4.84. The van der Waals surface area contributed by atoms with Crippen LogP contribution in [0, 0.1) is 39.7 Å². The van der Waals surface area contributed by atoms with Gasteiger partial charge in [0, 0.05) is 10.2 Å². The van der Waals surface area contributed by atoms with Crippen molar-refractivity contribution in [3.8, 4) is 5.75 Å². The summed E-state index contributed by atoms with van der Waals surface area (Å²) in [6.07, 6.45) is 3.27. The third-order valence-electron chi connectivity index (χ3n) is 4.56. The molecule has 0 saturated heterocycles. The van der Waals surface area contributed by atoms with Gasteiger partial charge in [0.15, 0.2) is 0 Å². The van der Waals surface area contributed by atoms with Gasteiger partial charge in [0.1, 0.15) is 5.75 Å². The van der Waals surface area contributed by atoms with E-state index in [1.807, 2.05) is 20.8 Å². The fourth-order valence-electron chi connectivity index (χ4n) is 2.28. The Morgan fingerprint density at radius 2 is 1.30 bits per heavy atom. The first-order chi connectivity index (χ1) is 11.3. The minimum absolute atomic E-state index is 0. The molecular weight excluding hydrogens is 443 g/mol. The average Bonchev–Trinajstić information content (AvgIpc) is 2.75. The van der Waals surface area contributed by atoms with Crippen LogP contribution in [-0.4, -0.2) is 29.4 Å². The number of aromatic hydroxyl groups is 1. The fraction of sp³-hybridized carbons (Fsp3) is 0.476. The summed E-state index contributed by atoms with van der Waals surface area (Å²) in [7, 11) is 6.99. The third-order valence-corrected chi connectivity index (χ3v) is 5.83. The zero-order valence-electron chi connectivity index (χ0n) is 17.8. The van der Waals surface area contributed by atoms with Crippen molar-refractivity contribution in [2.24, 2.45) is 5.92 Å². The van der Waals surface area contributed by atoms with Gasteiger partial charge in [-0.15, -0.1) is 31.7 Å². The maximum Gasteiger partial charge on any atom is 0.121 e. The molecule has 1 nitrogen and oxygen atoms in total. The molecule has 6 heteroatoms. The van der Waals surface area contributed by atoms with Crippen LogP contribution in [0.15, 0.2) is 16.3 Å². The zero-order valence-corrected chi connectivity index (χ0v) is 23.0. The van der Waals surface area contributed by atoms with Crippen LogP contribution in [0.3, 0.4) is 0 Å². The van der Waals surface area contributed by atoms with E-state index in [0.29, 0.717) is 11.7 Å². The first kappa shape index (κ1) is 31.8. The Labute approximate surface area is 197 Å². The van der Waals surface area contributed by atoms with Gasteiger partial charge in [0.05, 0.1) is 10.2 Å². The summed E-state index contributed by atoms with van der Waals surface area (Å²) in [5, 5.41) is 11.8. The second kappa shape index (κ2) is 14.1. The van der Waals surface area contributed by atoms with E-state index in [1.54, 1.807) is 0 Å². The van der Waals surface area contributed by atoms with Crippen molar-refractivity contribution in [2.45, 2.75) is 62.3 Å². The fourth-order valence-corrected chi connectivity index (χ4v) is 3.00. The van der Waals surface area contributed by atoms with Gasteiger partial charge in [-0.05, 0) is 49.9 Å². The zero-order chi connectivity index (χ0) is 20.1. The largest absolute Gasteiger partial charge is 0.507 e. The Bertz CT molecular complexity index is 616. The molecule has 147 valence electrons. The van der Waals surface area contributed by atoms with Crippen molar-refractivity contribution in [3.05, 3.63) is 44.7 Å². The van der Waals surface area contributed by atoms with E-state index >= 15 is 0 Å².